The van der Waals surface area contributed by atoms with Crippen molar-refractivity contribution in [1.29, 1.82) is 0 Å². The lowest BCUT2D eigenvalue weighted by Crippen LogP contribution is -2.28. The van der Waals surface area contributed by atoms with Gasteiger partial charge in [0.1, 0.15) is 11.6 Å². The fourth-order valence-corrected chi connectivity index (χ4v) is 4.51. The fourth-order valence-electron chi connectivity index (χ4n) is 4.51. The van der Waals surface area contributed by atoms with Crippen LogP contribution in [-0.2, 0) is 11.8 Å². The van der Waals surface area contributed by atoms with Crippen molar-refractivity contribution in [2.75, 3.05) is 23.7 Å². The molecule has 0 unspecified atom stereocenters. The average Bonchev–Trinajstić information content (AvgIpc) is 3.35. The Morgan fingerprint density at radius 3 is 2.42 bits per heavy atom. The zero-order chi connectivity index (χ0) is 26.4. The molecule has 5 aromatic rings. The van der Waals surface area contributed by atoms with E-state index in [-0.39, 0.29) is 11.2 Å². The topological polar surface area (TPSA) is 78.5 Å². The van der Waals surface area contributed by atoms with Crippen molar-refractivity contribution in [3.63, 3.8) is 0 Å². The summed E-state index contributed by atoms with van der Waals surface area (Å²) in [5, 5.41) is 24.3. The van der Waals surface area contributed by atoms with Gasteiger partial charge in [-0.1, -0.05) is 62.4 Å². The summed E-state index contributed by atoms with van der Waals surface area (Å²) in [6.07, 6.45) is 3.28. The van der Waals surface area contributed by atoms with Gasteiger partial charge >= 0.3 is 0 Å². The molecule has 2 aromatic heterocycles. The number of benzene rings is 3. The van der Waals surface area contributed by atoms with Crippen LogP contribution in [0.25, 0.3) is 22.2 Å². The number of hydrogen-bond donors (Lipinski definition) is 3. The van der Waals surface area contributed by atoms with Crippen LogP contribution in [-0.4, -0.2) is 33.5 Å². The van der Waals surface area contributed by atoms with Crippen molar-refractivity contribution in [3.05, 3.63) is 102 Å². The van der Waals surface area contributed by atoms with Crippen molar-refractivity contribution < 1.29 is 4.39 Å². The maximum absolute atomic E-state index is 13.3. The summed E-state index contributed by atoms with van der Waals surface area (Å²) in [6.45, 7) is 5.74. The molecule has 3 N–H and O–H groups in total. The van der Waals surface area contributed by atoms with Gasteiger partial charge in [-0.15, -0.1) is 10.2 Å². The van der Waals surface area contributed by atoms with E-state index in [0.717, 1.165) is 59.3 Å². The van der Waals surface area contributed by atoms with Crippen molar-refractivity contribution in [2.24, 2.45) is 0 Å². The molecule has 0 aliphatic heterocycles. The van der Waals surface area contributed by atoms with E-state index >= 15 is 0 Å². The monoisotopic (exact) mass is 508 g/mol. The molecule has 0 fully saturated rings. The van der Waals surface area contributed by atoms with Gasteiger partial charge in [-0.05, 0) is 66.8 Å². The molecule has 2 heterocycles. The van der Waals surface area contributed by atoms with Gasteiger partial charge in [-0.25, -0.2) is 4.39 Å². The number of nitrogens with zero attached hydrogens (tertiary/aromatic N) is 3. The van der Waals surface area contributed by atoms with Crippen molar-refractivity contribution in [2.45, 2.75) is 38.5 Å². The van der Waals surface area contributed by atoms with E-state index < -0.39 is 0 Å². The second-order valence-electron chi connectivity index (χ2n) is 10.3. The summed E-state index contributed by atoms with van der Waals surface area (Å²) in [4.78, 5) is 0. The molecule has 38 heavy (non-hydrogen) atoms. The van der Waals surface area contributed by atoms with Crippen molar-refractivity contribution in [1.82, 2.24) is 20.4 Å². The van der Waals surface area contributed by atoms with E-state index in [1.807, 2.05) is 36.4 Å². The van der Waals surface area contributed by atoms with E-state index in [9.17, 15) is 4.39 Å². The molecule has 0 aliphatic carbocycles. The van der Waals surface area contributed by atoms with Crippen LogP contribution < -0.4 is 10.6 Å². The van der Waals surface area contributed by atoms with Crippen molar-refractivity contribution >= 4 is 22.5 Å². The molecular formula is C31H33FN6. The fraction of sp³-hybridized carbons (Fsp3) is 0.258. The van der Waals surface area contributed by atoms with Gasteiger partial charge in [-0.3, -0.25) is 5.10 Å². The van der Waals surface area contributed by atoms with Gasteiger partial charge in [0.05, 0.1) is 11.2 Å². The zero-order valence-electron chi connectivity index (χ0n) is 21.8. The number of rotatable bonds is 11. The summed E-state index contributed by atoms with van der Waals surface area (Å²) in [7, 11) is 0. The number of fused-ring (bicyclic) bond motifs is 1. The normalized spacial score (nSPS) is 11.6. The van der Waals surface area contributed by atoms with E-state index in [2.05, 4.69) is 81.3 Å². The second kappa shape index (κ2) is 11.4. The quantitative estimate of drug-likeness (QED) is 0.168. The first-order valence-electron chi connectivity index (χ1n) is 13.1. The van der Waals surface area contributed by atoms with E-state index in [0.29, 0.717) is 12.4 Å². The third kappa shape index (κ3) is 6.17. The maximum Gasteiger partial charge on any atom is 0.155 e. The molecule has 0 bridgehead atoms. The molecule has 0 spiro atoms. The minimum Gasteiger partial charge on any atom is -0.368 e. The van der Waals surface area contributed by atoms with E-state index in [4.69, 9.17) is 0 Å². The molecule has 7 heteroatoms. The van der Waals surface area contributed by atoms with E-state index in [1.165, 1.54) is 17.7 Å². The minimum absolute atomic E-state index is 0.189. The van der Waals surface area contributed by atoms with Gasteiger partial charge in [-0.2, -0.15) is 5.10 Å². The van der Waals surface area contributed by atoms with Gasteiger partial charge in [0.25, 0.3) is 0 Å². The molecule has 0 aliphatic rings. The van der Waals surface area contributed by atoms with E-state index in [1.54, 1.807) is 0 Å². The SMILES string of the molecule is CC(C)(CNc1ccc(-c2ccc3[nH]nc(NCCCCc4ccccc4)c3c2)nn1)c1ccc(F)cc1. The Morgan fingerprint density at radius 2 is 1.66 bits per heavy atom. The number of H-pyrrole nitrogens is 1. The first kappa shape index (κ1) is 25.4. The lowest BCUT2D eigenvalue weighted by Gasteiger charge is -2.25. The Labute approximate surface area is 222 Å². The minimum atomic E-state index is -0.227. The summed E-state index contributed by atoms with van der Waals surface area (Å²) in [6, 6.07) is 27.3. The van der Waals surface area contributed by atoms with Crippen LogP contribution in [0.5, 0.6) is 0 Å². The number of aromatic amines is 1. The highest BCUT2D eigenvalue weighted by atomic mass is 19.1. The highest BCUT2D eigenvalue weighted by Gasteiger charge is 2.20. The van der Waals surface area contributed by atoms with Crippen LogP contribution >= 0.6 is 0 Å². The summed E-state index contributed by atoms with van der Waals surface area (Å²) in [5.74, 6) is 1.33. The number of hydrogen-bond acceptors (Lipinski definition) is 5. The molecule has 0 saturated heterocycles. The Bertz CT molecular complexity index is 1460. The molecule has 0 radical (unpaired) electrons. The zero-order valence-corrected chi connectivity index (χ0v) is 21.8. The Balaban J connectivity index is 1.18. The number of anilines is 2. The average molecular weight is 509 g/mol. The molecular weight excluding hydrogens is 475 g/mol. The summed E-state index contributed by atoms with van der Waals surface area (Å²) in [5.41, 5.74) is 5.01. The Hall–Kier alpha value is -4.26. The standard InChI is InChI=1S/C31H33FN6/c1-31(2,24-12-14-25(32)15-13-24)21-34-29-18-17-27(35-37-29)23-11-16-28-26(20-23)30(38-36-28)33-19-7-6-10-22-8-4-3-5-9-22/h3-5,8-9,11-18,20H,6-7,10,19,21H2,1-2H3,(H,34,37)(H2,33,36,38). The van der Waals surface area contributed by atoms with Gasteiger partial charge in [0.15, 0.2) is 5.82 Å². The first-order valence-corrected chi connectivity index (χ1v) is 13.1. The lowest BCUT2D eigenvalue weighted by atomic mass is 9.84. The highest BCUT2D eigenvalue weighted by molar-refractivity contribution is 5.92. The highest BCUT2D eigenvalue weighted by Crippen LogP contribution is 2.27. The third-order valence-corrected chi connectivity index (χ3v) is 6.89. The summed E-state index contributed by atoms with van der Waals surface area (Å²) >= 11 is 0. The molecule has 0 amide bonds. The van der Waals surface area contributed by atoms with Crippen LogP contribution in [0, 0.1) is 5.82 Å². The van der Waals surface area contributed by atoms with Gasteiger partial charge < -0.3 is 10.6 Å². The molecule has 3 aromatic carbocycles. The third-order valence-electron chi connectivity index (χ3n) is 6.89. The van der Waals surface area contributed by atoms with Gasteiger partial charge in [0, 0.05) is 29.5 Å². The predicted octanol–water partition coefficient (Wildman–Crippen LogP) is 6.98. The van der Waals surface area contributed by atoms with Crippen molar-refractivity contribution in [3.8, 4) is 11.3 Å². The maximum atomic E-state index is 13.3. The largest absolute Gasteiger partial charge is 0.368 e. The van der Waals surface area contributed by atoms with Crippen LogP contribution in [0.2, 0.25) is 0 Å². The first-order chi connectivity index (χ1) is 18.5. The molecule has 0 atom stereocenters. The number of aryl methyl sites for hydroxylation is 1. The number of aromatic nitrogens is 4. The molecule has 5 rings (SSSR count). The predicted molar refractivity (Wildman–Crippen MR) is 153 cm³/mol. The van der Waals surface area contributed by atoms with Crippen LogP contribution in [0.3, 0.4) is 0 Å². The number of unbranched alkanes of at least 4 members (excludes halogenated alkanes) is 1. The molecule has 0 saturated carbocycles. The Morgan fingerprint density at radius 1 is 0.842 bits per heavy atom. The molecule has 194 valence electrons. The summed E-state index contributed by atoms with van der Waals surface area (Å²) < 4.78 is 13.3. The smallest absolute Gasteiger partial charge is 0.155 e. The van der Waals surface area contributed by atoms with Crippen LogP contribution in [0.4, 0.5) is 16.0 Å². The van der Waals surface area contributed by atoms with Crippen LogP contribution in [0.15, 0.2) is 84.9 Å². The van der Waals surface area contributed by atoms with Crippen LogP contribution in [0.1, 0.15) is 37.8 Å². The number of halogens is 1. The Kier molecular flexibility index (Phi) is 7.63. The number of nitrogens with one attached hydrogen (secondary N) is 3. The lowest BCUT2D eigenvalue weighted by molar-refractivity contribution is 0.552. The van der Waals surface area contributed by atoms with Gasteiger partial charge in [0.2, 0.25) is 0 Å². The molecule has 6 nitrogen and oxygen atoms in total. The second-order valence-corrected chi connectivity index (χ2v) is 10.3.